The van der Waals surface area contributed by atoms with Gasteiger partial charge in [0.15, 0.2) is 0 Å². The van der Waals surface area contributed by atoms with E-state index in [-0.39, 0.29) is 11.4 Å². The van der Waals surface area contributed by atoms with Crippen LogP contribution in [0.4, 0.5) is 5.82 Å². The molecule has 1 atom stereocenters. The number of amides is 1. The summed E-state index contributed by atoms with van der Waals surface area (Å²) in [4.78, 5) is 12.1. The molecule has 6 heteroatoms. The number of nitrogens with one attached hydrogen (secondary N) is 1. The van der Waals surface area contributed by atoms with Gasteiger partial charge in [-0.25, -0.2) is 4.68 Å². The Bertz CT molecular complexity index is 556. The molecule has 112 valence electrons. The van der Waals surface area contributed by atoms with Crippen molar-refractivity contribution in [1.29, 1.82) is 0 Å². The fraction of sp³-hybridized carbons (Fsp3) is 0.714. The van der Waals surface area contributed by atoms with Crippen molar-refractivity contribution in [2.24, 2.45) is 5.92 Å². The highest BCUT2D eigenvalue weighted by molar-refractivity contribution is 7.83. The molecule has 1 aromatic heterocycles. The summed E-state index contributed by atoms with van der Waals surface area (Å²) >= 11 is 0. The van der Waals surface area contributed by atoms with Crippen molar-refractivity contribution < 1.29 is 9.00 Å². The minimum atomic E-state index is -0.886. The molecule has 20 heavy (non-hydrogen) atoms. The molecule has 1 amide bonds. The number of carbonyl (C=O) groups is 1. The molecule has 0 fully saturated rings. The molecule has 2 heterocycles. The number of rotatable bonds is 3. The van der Waals surface area contributed by atoms with Gasteiger partial charge in [-0.15, -0.1) is 0 Å². The van der Waals surface area contributed by atoms with Gasteiger partial charge in [-0.2, -0.15) is 5.10 Å². The number of hydrogen-bond acceptors (Lipinski definition) is 3. The average molecular weight is 297 g/mol. The lowest BCUT2D eigenvalue weighted by atomic mass is 10.1. The fourth-order valence-corrected chi connectivity index (χ4v) is 3.56. The van der Waals surface area contributed by atoms with Crippen molar-refractivity contribution >= 4 is 22.5 Å². The van der Waals surface area contributed by atoms with Gasteiger partial charge in [0.1, 0.15) is 5.82 Å². The van der Waals surface area contributed by atoms with Gasteiger partial charge in [-0.3, -0.25) is 9.00 Å². The van der Waals surface area contributed by atoms with Crippen molar-refractivity contribution in [1.82, 2.24) is 9.78 Å². The number of fused-ring (bicyclic) bond motifs is 1. The molecule has 0 saturated heterocycles. The molecule has 5 nitrogen and oxygen atoms in total. The average Bonchev–Trinajstić information content (AvgIpc) is 2.74. The molecule has 0 aromatic carbocycles. The summed E-state index contributed by atoms with van der Waals surface area (Å²) in [6, 6.07) is 0. The zero-order valence-electron chi connectivity index (χ0n) is 12.8. The summed E-state index contributed by atoms with van der Waals surface area (Å²) in [6.07, 6.45) is 0.479. The number of aromatic nitrogens is 2. The van der Waals surface area contributed by atoms with E-state index in [0.29, 0.717) is 23.8 Å². The van der Waals surface area contributed by atoms with Crippen LogP contribution in [0.1, 0.15) is 52.3 Å². The Kier molecular flexibility index (Phi) is 4.04. The Morgan fingerprint density at radius 3 is 2.60 bits per heavy atom. The third kappa shape index (κ3) is 3.11. The molecule has 1 N–H and O–H groups in total. The summed E-state index contributed by atoms with van der Waals surface area (Å²) in [5, 5.41) is 7.53. The molecule has 0 aliphatic carbocycles. The smallest absolute Gasteiger partial charge is 0.225 e. The first-order chi connectivity index (χ1) is 9.18. The third-order valence-electron chi connectivity index (χ3n) is 3.16. The van der Waals surface area contributed by atoms with Crippen molar-refractivity contribution in [3.63, 3.8) is 0 Å². The lowest BCUT2D eigenvalue weighted by molar-refractivity contribution is -0.116. The molecule has 0 saturated carbocycles. The predicted octanol–water partition coefficient (Wildman–Crippen LogP) is 2.39. The Balaban J connectivity index is 2.35. The van der Waals surface area contributed by atoms with Crippen LogP contribution < -0.4 is 5.32 Å². The summed E-state index contributed by atoms with van der Waals surface area (Å²) in [5.74, 6) is 2.01. The van der Waals surface area contributed by atoms with E-state index in [2.05, 4.69) is 10.4 Å². The van der Waals surface area contributed by atoms with E-state index in [1.165, 1.54) is 0 Å². The van der Waals surface area contributed by atoms with E-state index in [4.69, 9.17) is 0 Å². The van der Waals surface area contributed by atoms with Gasteiger partial charge in [-0.1, -0.05) is 13.8 Å². The van der Waals surface area contributed by atoms with Crippen molar-refractivity contribution in [3.8, 4) is 0 Å². The highest BCUT2D eigenvalue weighted by atomic mass is 32.2. The minimum Gasteiger partial charge on any atom is -0.311 e. The quantitative estimate of drug-likeness (QED) is 0.931. The van der Waals surface area contributed by atoms with Crippen LogP contribution in [0.15, 0.2) is 0 Å². The molecule has 0 bridgehead atoms. The van der Waals surface area contributed by atoms with E-state index in [0.717, 1.165) is 17.1 Å². The molecule has 0 spiro atoms. The first-order valence-corrected chi connectivity index (χ1v) is 8.43. The number of hydrogen-bond donors (Lipinski definition) is 1. The molecule has 0 radical (unpaired) electrons. The van der Waals surface area contributed by atoms with Gasteiger partial charge in [0, 0.05) is 22.8 Å². The number of anilines is 1. The first kappa shape index (κ1) is 15.2. The van der Waals surface area contributed by atoms with Gasteiger partial charge >= 0.3 is 0 Å². The van der Waals surface area contributed by atoms with E-state index in [1.54, 1.807) is 0 Å². The molecular formula is C14H23N3O2S. The highest BCUT2D eigenvalue weighted by Gasteiger charge is 2.31. The van der Waals surface area contributed by atoms with Crippen LogP contribution in [0, 0.1) is 5.92 Å². The summed E-state index contributed by atoms with van der Waals surface area (Å²) in [6.45, 7) is 10.2. The van der Waals surface area contributed by atoms with Crippen LogP contribution in [-0.2, 0) is 32.6 Å². The maximum Gasteiger partial charge on any atom is 0.225 e. The standard InChI is InChI=1S/C14H23N3O2S/c1-9(2)6-12(18)15-13-10-7-20(19)8-11(10)16-17(13)14(3,4)5/h9H,6-8H2,1-5H3,(H,15,18)/t20-/m0/s1. The van der Waals surface area contributed by atoms with Crippen LogP contribution in [-0.4, -0.2) is 19.9 Å². The van der Waals surface area contributed by atoms with Crippen LogP contribution in [0.25, 0.3) is 0 Å². The van der Waals surface area contributed by atoms with Crippen LogP contribution in [0.3, 0.4) is 0 Å². The predicted molar refractivity (Wildman–Crippen MR) is 80.9 cm³/mol. The normalized spacial score (nSPS) is 18.4. The zero-order valence-corrected chi connectivity index (χ0v) is 13.6. The molecular weight excluding hydrogens is 274 g/mol. The van der Waals surface area contributed by atoms with Gasteiger partial charge < -0.3 is 5.32 Å². The van der Waals surface area contributed by atoms with Crippen molar-refractivity contribution in [2.75, 3.05) is 5.32 Å². The van der Waals surface area contributed by atoms with Crippen molar-refractivity contribution in [3.05, 3.63) is 11.3 Å². The van der Waals surface area contributed by atoms with E-state index >= 15 is 0 Å². The molecule has 0 unspecified atom stereocenters. The summed E-state index contributed by atoms with van der Waals surface area (Å²) < 4.78 is 13.5. The summed E-state index contributed by atoms with van der Waals surface area (Å²) in [7, 11) is -0.886. The molecule has 1 aliphatic rings. The molecule has 2 rings (SSSR count). The second-order valence-electron chi connectivity index (χ2n) is 6.73. The second-order valence-corrected chi connectivity index (χ2v) is 8.19. The molecule has 1 aromatic rings. The SMILES string of the molecule is CC(C)CC(=O)Nc1c2c(nn1C(C)(C)C)C[S@@](=O)C2. The minimum absolute atomic E-state index is 0.00844. The highest BCUT2D eigenvalue weighted by Crippen LogP contribution is 2.33. The first-order valence-electron chi connectivity index (χ1n) is 6.94. The molecule has 1 aliphatic heterocycles. The zero-order chi connectivity index (χ0) is 15.1. The van der Waals surface area contributed by atoms with Gasteiger partial charge in [0.2, 0.25) is 5.91 Å². The summed E-state index contributed by atoms with van der Waals surface area (Å²) in [5.41, 5.74) is 1.58. The monoisotopic (exact) mass is 297 g/mol. The van der Waals surface area contributed by atoms with Gasteiger partial charge in [-0.05, 0) is 26.7 Å². The van der Waals surface area contributed by atoms with Gasteiger partial charge in [0.05, 0.1) is 22.7 Å². The topological polar surface area (TPSA) is 64.0 Å². The number of nitrogens with zero attached hydrogens (tertiary/aromatic N) is 2. The Hall–Kier alpha value is -1.17. The van der Waals surface area contributed by atoms with Crippen LogP contribution in [0.2, 0.25) is 0 Å². The van der Waals surface area contributed by atoms with Crippen molar-refractivity contribution in [2.45, 2.75) is 58.1 Å². The lowest BCUT2D eigenvalue weighted by Crippen LogP contribution is -2.27. The largest absolute Gasteiger partial charge is 0.311 e. The van der Waals surface area contributed by atoms with Gasteiger partial charge in [0.25, 0.3) is 0 Å². The lowest BCUT2D eigenvalue weighted by Gasteiger charge is -2.23. The fourth-order valence-electron chi connectivity index (χ4n) is 2.30. The Morgan fingerprint density at radius 1 is 1.40 bits per heavy atom. The van der Waals surface area contributed by atoms with E-state index < -0.39 is 10.8 Å². The maximum atomic E-state index is 12.1. The van der Waals surface area contributed by atoms with Crippen LogP contribution >= 0.6 is 0 Å². The van der Waals surface area contributed by atoms with E-state index in [9.17, 15) is 9.00 Å². The third-order valence-corrected chi connectivity index (χ3v) is 4.36. The second kappa shape index (κ2) is 5.31. The Morgan fingerprint density at radius 2 is 2.05 bits per heavy atom. The number of carbonyl (C=O) groups excluding carboxylic acids is 1. The van der Waals surface area contributed by atoms with E-state index in [1.807, 2.05) is 39.3 Å². The van der Waals surface area contributed by atoms with Crippen LogP contribution in [0.5, 0.6) is 0 Å². The Labute approximate surface area is 122 Å². The maximum absolute atomic E-state index is 12.1.